The van der Waals surface area contributed by atoms with Gasteiger partial charge in [0.2, 0.25) is 5.91 Å². The zero-order valence-corrected chi connectivity index (χ0v) is 14.4. The van der Waals surface area contributed by atoms with E-state index >= 15 is 0 Å². The first-order chi connectivity index (χ1) is 11.5. The molecule has 1 amide bonds. The Hall–Kier alpha value is -2.53. The second-order valence-electron chi connectivity index (χ2n) is 5.64. The lowest BCUT2D eigenvalue weighted by Crippen LogP contribution is -2.14. The first kappa shape index (κ1) is 16.3. The third kappa shape index (κ3) is 3.21. The number of carbonyl (C=O) groups excluding carboxylic acids is 1. The highest BCUT2D eigenvalue weighted by Crippen LogP contribution is 2.27. The molecule has 0 atom stereocenters. The minimum Gasteiger partial charge on any atom is -0.495 e. The smallest absolute Gasteiger partial charge is 0.230 e. The number of rotatable bonds is 4. The van der Waals surface area contributed by atoms with Gasteiger partial charge in [0, 0.05) is 11.1 Å². The van der Waals surface area contributed by atoms with Crippen LogP contribution in [0.4, 0.5) is 5.69 Å². The van der Waals surface area contributed by atoms with Gasteiger partial charge in [-0.1, -0.05) is 16.8 Å². The number of halogens is 1. The number of aryl methyl sites for hydroxylation is 2. The molecule has 1 heterocycles. The number of nitrogens with zero attached hydrogens (tertiary/aromatic N) is 1. The Bertz CT molecular complexity index is 918. The predicted molar refractivity (Wildman–Crippen MR) is 93.8 cm³/mol. The summed E-state index contributed by atoms with van der Waals surface area (Å²) in [6, 6.07) is 9.01. The summed E-state index contributed by atoms with van der Waals surface area (Å²) in [4.78, 5) is 12.3. The summed E-state index contributed by atoms with van der Waals surface area (Å²) in [5.74, 6) is 0.368. The van der Waals surface area contributed by atoms with Gasteiger partial charge in [-0.3, -0.25) is 4.79 Å². The predicted octanol–water partition coefficient (Wildman–Crippen LogP) is 4.29. The maximum Gasteiger partial charge on any atom is 0.230 e. The van der Waals surface area contributed by atoms with Crippen molar-refractivity contribution in [3.05, 3.63) is 52.2 Å². The zero-order chi connectivity index (χ0) is 17.3. The van der Waals surface area contributed by atoms with Crippen molar-refractivity contribution in [2.45, 2.75) is 20.3 Å². The van der Waals surface area contributed by atoms with Crippen LogP contribution in [-0.2, 0) is 11.2 Å². The molecule has 3 aromatic rings. The third-order valence-electron chi connectivity index (χ3n) is 3.92. The van der Waals surface area contributed by atoms with E-state index in [9.17, 15) is 4.79 Å². The van der Waals surface area contributed by atoms with E-state index in [1.807, 2.05) is 26.0 Å². The van der Waals surface area contributed by atoms with Crippen molar-refractivity contribution in [1.29, 1.82) is 0 Å². The van der Waals surface area contributed by atoms with Crippen LogP contribution in [-0.4, -0.2) is 18.2 Å². The van der Waals surface area contributed by atoms with Gasteiger partial charge in [-0.25, -0.2) is 0 Å². The van der Waals surface area contributed by atoms with Gasteiger partial charge >= 0.3 is 0 Å². The van der Waals surface area contributed by atoms with E-state index in [0.717, 1.165) is 16.5 Å². The molecular formula is C18H17ClN2O3. The molecule has 0 saturated carbocycles. The summed E-state index contributed by atoms with van der Waals surface area (Å²) < 4.78 is 10.4. The van der Waals surface area contributed by atoms with E-state index in [1.165, 1.54) is 0 Å². The summed E-state index contributed by atoms with van der Waals surface area (Å²) in [6.07, 6.45) is 0.124. The summed E-state index contributed by atoms with van der Waals surface area (Å²) in [5, 5.41) is 8.12. The Kier molecular flexibility index (Phi) is 4.44. The zero-order valence-electron chi connectivity index (χ0n) is 13.6. The third-order valence-corrected chi connectivity index (χ3v) is 4.22. The molecule has 24 heavy (non-hydrogen) atoms. The van der Waals surface area contributed by atoms with Crippen molar-refractivity contribution in [3.8, 4) is 5.75 Å². The molecule has 1 N–H and O–H groups in total. The maximum atomic E-state index is 12.3. The number of hydrogen-bond donors (Lipinski definition) is 1. The van der Waals surface area contributed by atoms with Crippen LogP contribution in [0.1, 0.15) is 16.8 Å². The Morgan fingerprint density at radius 1 is 1.25 bits per heavy atom. The Labute approximate surface area is 144 Å². The maximum absolute atomic E-state index is 12.3. The molecule has 3 rings (SSSR count). The molecule has 0 aliphatic rings. The highest BCUT2D eigenvalue weighted by molar-refractivity contribution is 6.32. The largest absolute Gasteiger partial charge is 0.495 e. The fourth-order valence-electron chi connectivity index (χ4n) is 2.47. The number of anilines is 1. The lowest BCUT2D eigenvalue weighted by atomic mass is 10.1. The average molecular weight is 345 g/mol. The number of fused-ring (bicyclic) bond motifs is 1. The number of ether oxygens (including phenoxy) is 1. The summed E-state index contributed by atoms with van der Waals surface area (Å²) in [5.41, 5.74) is 4.17. The van der Waals surface area contributed by atoms with Crippen LogP contribution in [0.2, 0.25) is 5.02 Å². The number of benzene rings is 2. The highest BCUT2D eigenvalue weighted by Gasteiger charge is 2.14. The average Bonchev–Trinajstić information content (AvgIpc) is 2.90. The molecule has 124 valence electrons. The molecule has 0 bridgehead atoms. The summed E-state index contributed by atoms with van der Waals surface area (Å²) in [6.45, 7) is 4.03. The molecule has 1 aromatic heterocycles. The standard InChI is InChI=1S/C18H17ClN2O3/c1-10-6-13-15(21-24-17(13)7-11(10)2)9-18(22)20-12-4-5-16(23-3)14(19)8-12/h4-8H,9H2,1-3H3,(H,20,22). The van der Waals surface area contributed by atoms with Gasteiger partial charge in [-0.15, -0.1) is 0 Å². The van der Waals surface area contributed by atoms with Gasteiger partial charge in [0.1, 0.15) is 11.4 Å². The molecule has 0 aliphatic heterocycles. The molecule has 2 aromatic carbocycles. The monoisotopic (exact) mass is 344 g/mol. The molecule has 0 aliphatic carbocycles. The molecule has 5 nitrogen and oxygen atoms in total. The first-order valence-corrected chi connectivity index (χ1v) is 7.84. The van der Waals surface area contributed by atoms with E-state index in [2.05, 4.69) is 10.5 Å². The van der Waals surface area contributed by atoms with Crippen molar-refractivity contribution < 1.29 is 14.1 Å². The fourth-order valence-corrected chi connectivity index (χ4v) is 2.73. The second-order valence-corrected chi connectivity index (χ2v) is 6.04. The molecule has 0 unspecified atom stereocenters. The van der Waals surface area contributed by atoms with Crippen LogP contribution in [0.3, 0.4) is 0 Å². The number of carbonyl (C=O) groups is 1. The molecule has 0 fully saturated rings. The van der Waals surface area contributed by atoms with E-state index in [1.54, 1.807) is 25.3 Å². The van der Waals surface area contributed by atoms with Crippen molar-refractivity contribution in [1.82, 2.24) is 5.16 Å². The van der Waals surface area contributed by atoms with Gasteiger partial charge in [0.05, 0.1) is 18.6 Å². The van der Waals surface area contributed by atoms with Gasteiger partial charge in [0.25, 0.3) is 0 Å². The lowest BCUT2D eigenvalue weighted by Gasteiger charge is -2.07. The second kappa shape index (κ2) is 6.53. The van der Waals surface area contributed by atoms with Crippen molar-refractivity contribution in [2.24, 2.45) is 0 Å². The normalized spacial score (nSPS) is 10.8. The molecule has 6 heteroatoms. The van der Waals surface area contributed by atoms with E-state index < -0.39 is 0 Å². The lowest BCUT2D eigenvalue weighted by molar-refractivity contribution is -0.115. The Morgan fingerprint density at radius 3 is 2.71 bits per heavy atom. The number of nitrogens with one attached hydrogen (secondary N) is 1. The van der Waals surface area contributed by atoms with Gasteiger partial charge in [-0.05, 0) is 55.3 Å². The molecule has 0 radical (unpaired) electrons. The fraction of sp³-hybridized carbons (Fsp3) is 0.222. The summed E-state index contributed by atoms with van der Waals surface area (Å²) >= 11 is 6.06. The van der Waals surface area contributed by atoms with E-state index in [-0.39, 0.29) is 12.3 Å². The quantitative estimate of drug-likeness (QED) is 0.766. The van der Waals surface area contributed by atoms with Crippen molar-refractivity contribution in [3.63, 3.8) is 0 Å². The highest BCUT2D eigenvalue weighted by atomic mass is 35.5. The van der Waals surface area contributed by atoms with Gasteiger partial charge in [-0.2, -0.15) is 0 Å². The SMILES string of the molecule is COc1ccc(NC(=O)Cc2noc3cc(C)c(C)cc23)cc1Cl. The number of aromatic nitrogens is 1. The Morgan fingerprint density at radius 2 is 2.00 bits per heavy atom. The van der Waals surface area contributed by atoms with Crippen LogP contribution in [0.5, 0.6) is 5.75 Å². The van der Waals surface area contributed by atoms with Gasteiger partial charge in [0.15, 0.2) is 5.58 Å². The number of methoxy groups -OCH3 is 1. The number of hydrogen-bond acceptors (Lipinski definition) is 4. The minimum atomic E-state index is -0.190. The Balaban J connectivity index is 1.78. The van der Waals surface area contributed by atoms with Gasteiger partial charge < -0.3 is 14.6 Å². The first-order valence-electron chi connectivity index (χ1n) is 7.47. The van der Waals surface area contributed by atoms with Crippen LogP contribution >= 0.6 is 11.6 Å². The van der Waals surface area contributed by atoms with Crippen LogP contribution in [0.25, 0.3) is 11.0 Å². The number of amides is 1. The van der Waals surface area contributed by atoms with Crippen LogP contribution in [0, 0.1) is 13.8 Å². The van der Waals surface area contributed by atoms with E-state index in [0.29, 0.717) is 27.7 Å². The van der Waals surface area contributed by atoms with Crippen LogP contribution in [0.15, 0.2) is 34.9 Å². The molecular weight excluding hydrogens is 328 g/mol. The van der Waals surface area contributed by atoms with Crippen molar-refractivity contribution >= 4 is 34.2 Å². The van der Waals surface area contributed by atoms with E-state index in [4.69, 9.17) is 20.9 Å². The topological polar surface area (TPSA) is 64.4 Å². The minimum absolute atomic E-state index is 0.124. The summed E-state index contributed by atoms with van der Waals surface area (Å²) in [7, 11) is 1.54. The van der Waals surface area contributed by atoms with Crippen LogP contribution < -0.4 is 10.1 Å². The molecule has 0 saturated heterocycles. The molecule has 0 spiro atoms. The van der Waals surface area contributed by atoms with Crippen molar-refractivity contribution in [2.75, 3.05) is 12.4 Å².